The molecule has 0 aliphatic heterocycles. The van der Waals surface area contributed by atoms with Crippen molar-refractivity contribution in [3.63, 3.8) is 0 Å². The second kappa shape index (κ2) is 3.85. The maximum atomic E-state index is 5.15. The third-order valence-corrected chi connectivity index (χ3v) is 1.29. The van der Waals surface area contributed by atoms with Gasteiger partial charge in [-0.05, 0) is 27.2 Å². The average molecular weight is 130 g/mol. The first-order valence-corrected chi connectivity index (χ1v) is 3.47. The van der Waals surface area contributed by atoms with Crippen LogP contribution in [0.1, 0.15) is 34.1 Å². The zero-order valence-corrected chi connectivity index (χ0v) is 6.77. The molecule has 1 radical (unpaired) electrons. The van der Waals surface area contributed by atoms with Crippen LogP contribution in [0.4, 0.5) is 0 Å². The van der Waals surface area contributed by atoms with E-state index in [1.165, 1.54) is 0 Å². The van der Waals surface area contributed by atoms with E-state index in [2.05, 4.69) is 12.4 Å². The Labute approximate surface area is 57.5 Å². The van der Waals surface area contributed by atoms with E-state index in [0.717, 1.165) is 13.0 Å². The van der Waals surface area contributed by atoms with Crippen LogP contribution in [0, 0.1) is 0 Å². The molecule has 0 atom stereocenters. The van der Waals surface area contributed by atoms with E-state index in [1.54, 1.807) is 0 Å². The molecule has 0 aliphatic rings. The molecule has 2 nitrogen and oxygen atoms in total. The molecular formula is C7H16NO. The van der Waals surface area contributed by atoms with Gasteiger partial charge in [0.25, 0.3) is 0 Å². The lowest BCUT2D eigenvalue weighted by molar-refractivity contribution is -0.0898. The molecule has 0 aromatic carbocycles. The highest BCUT2D eigenvalue weighted by Crippen LogP contribution is 2.11. The summed E-state index contributed by atoms with van der Waals surface area (Å²) in [6.45, 7) is 8.86. The Bertz CT molecular complexity index is 71.3. The summed E-state index contributed by atoms with van der Waals surface area (Å²) in [7, 11) is 0. The van der Waals surface area contributed by atoms with Gasteiger partial charge in [-0.15, -0.1) is 0 Å². The van der Waals surface area contributed by atoms with E-state index in [1.807, 2.05) is 20.8 Å². The van der Waals surface area contributed by atoms with Gasteiger partial charge in [-0.1, -0.05) is 12.4 Å². The molecule has 2 heteroatoms. The summed E-state index contributed by atoms with van der Waals surface area (Å²) in [6, 6.07) is 0. The molecule has 0 aromatic heterocycles. The van der Waals surface area contributed by atoms with Crippen LogP contribution in [0.2, 0.25) is 0 Å². The van der Waals surface area contributed by atoms with Crippen LogP contribution < -0.4 is 5.48 Å². The molecule has 0 saturated carbocycles. The summed E-state index contributed by atoms with van der Waals surface area (Å²) in [6.07, 6.45) is 0.997. The molecule has 0 rings (SSSR count). The first-order valence-electron chi connectivity index (χ1n) is 3.47. The molecule has 0 bridgehead atoms. The normalized spacial score (nSPS) is 12.0. The van der Waals surface area contributed by atoms with Crippen molar-refractivity contribution in [2.75, 3.05) is 6.54 Å². The minimum Gasteiger partial charge on any atom is -0.276 e. The zero-order valence-electron chi connectivity index (χ0n) is 6.77. The van der Waals surface area contributed by atoms with Gasteiger partial charge >= 0.3 is 0 Å². The van der Waals surface area contributed by atoms with E-state index in [9.17, 15) is 0 Å². The summed E-state index contributed by atoms with van der Waals surface area (Å²) in [5.41, 5.74) is 3.74. The maximum absolute atomic E-state index is 5.15. The molecule has 0 heterocycles. The number of hydrogen-bond donors (Lipinski definition) is 0. The van der Waals surface area contributed by atoms with Crippen LogP contribution in [0.15, 0.2) is 0 Å². The molecule has 0 spiro atoms. The van der Waals surface area contributed by atoms with Crippen molar-refractivity contribution < 1.29 is 4.84 Å². The van der Waals surface area contributed by atoms with E-state index >= 15 is 0 Å². The summed E-state index contributed by atoms with van der Waals surface area (Å²) in [5.74, 6) is 0. The predicted molar refractivity (Wildman–Crippen MR) is 38.1 cm³/mol. The maximum Gasteiger partial charge on any atom is 0.0858 e. The van der Waals surface area contributed by atoms with Gasteiger partial charge < -0.3 is 0 Å². The van der Waals surface area contributed by atoms with Gasteiger partial charge in [-0.2, -0.15) is 0 Å². The van der Waals surface area contributed by atoms with Crippen LogP contribution >= 0.6 is 0 Å². The largest absolute Gasteiger partial charge is 0.276 e. The Kier molecular flexibility index (Phi) is 3.82. The van der Waals surface area contributed by atoms with Gasteiger partial charge in [0, 0.05) is 6.54 Å². The number of rotatable bonds is 4. The minimum absolute atomic E-state index is 0.0734. The van der Waals surface area contributed by atoms with E-state index in [-0.39, 0.29) is 5.60 Å². The Morgan fingerprint density at radius 1 is 1.33 bits per heavy atom. The third-order valence-electron chi connectivity index (χ3n) is 1.29. The predicted octanol–water partition coefficient (Wildman–Crippen LogP) is 1.73. The Morgan fingerprint density at radius 3 is 2.22 bits per heavy atom. The molecule has 9 heavy (non-hydrogen) atoms. The van der Waals surface area contributed by atoms with Crippen molar-refractivity contribution in [2.24, 2.45) is 0 Å². The Hall–Kier alpha value is -0.0800. The molecule has 0 aromatic rings. The highest BCUT2D eigenvalue weighted by atomic mass is 16.7. The highest BCUT2D eigenvalue weighted by molar-refractivity contribution is 4.62. The second-order valence-electron chi connectivity index (χ2n) is 2.65. The fourth-order valence-corrected chi connectivity index (χ4v) is 0.304. The SMILES string of the molecule is CC[N]OC(C)(C)CC. The molecule has 55 valence electrons. The summed E-state index contributed by atoms with van der Waals surface area (Å²) < 4.78 is 0. The topological polar surface area (TPSA) is 23.3 Å². The lowest BCUT2D eigenvalue weighted by atomic mass is 10.1. The van der Waals surface area contributed by atoms with Crippen molar-refractivity contribution >= 4 is 0 Å². The van der Waals surface area contributed by atoms with Crippen molar-refractivity contribution in [1.29, 1.82) is 0 Å². The number of hydrogen-bond acceptors (Lipinski definition) is 1. The zero-order chi connectivity index (χ0) is 7.33. The van der Waals surface area contributed by atoms with E-state index < -0.39 is 0 Å². The Morgan fingerprint density at radius 2 is 1.89 bits per heavy atom. The van der Waals surface area contributed by atoms with Gasteiger partial charge in [0.15, 0.2) is 0 Å². The van der Waals surface area contributed by atoms with Crippen LogP contribution in [-0.2, 0) is 4.84 Å². The molecule has 0 N–H and O–H groups in total. The highest BCUT2D eigenvalue weighted by Gasteiger charge is 2.15. The van der Waals surface area contributed by atoms with Gasteiger partial charge in [-0.3, -0.25) is 4.84 Å². The van der Waals surface area contributed by atoms with Gasteiger partial charge in [-0.25, -0.2) is 0 Å². The molecule has 0 saturated heterocycles. The quantitative estimate of drug-likeness (QED) is 0.531. The molecule has 0 unspecified atom stereocenters. The van der Waals surface area contributed by atoms with E-state index in [0.29, 0.717) is 0 Å². The van der Waals surface area contributed by atoms with Crippen molar-refractivity contribution in [2.45, 2.75) is 39.7 Å². The lowest BCUT2D eigenvalue weighted by Crippen LogP contribution is -2.27. The van der Waals surface area contributed by atoms with E-state index in [4.69, 9.17) is 4.84 Å². The second-order valence-corrected chi connectivity index (χ2v) is 2.65. The van der Waals surface area contributed by atoms with Gasteiger partial charge in [0.2, 0.25) is 0 Å². The molecule has 0 amide bonds. The minimum atomic E-state index is -0.0734. The summed E-state index contributed by atoms with van der Waals surface area (Å²) in [4.78, 5) is 5.15. The third kappa shape index (κ3) is 4.43. The first kappa shape index (κ1) is 8.92. The smallest absolute Gasteiger partial charge is 0.0858 e. The fourth-order valence-electron chi connectivity index (χ4n) is 0.304. The van der Waals surface area contributed by atoms with Crippen molar-refractivity contribution in [1.82, 2.24) is 5.48 Å². The first-order chi connectivity index (χ1) is 4.12. The monoisotopic (exact) mass is 130 g/mol. The number of nitrogens with zero attached hydrogens (tertiary/aromatic N) is 1. The van der Waals surface area contributed by atoms with Crippen molar-refractivity contribution in [3.8, 4) is 0 Å². The summed E-state index contributed by atoms with van der Waals surface area (Å²) in [5, 5.41) is 0. The molecule has 0 aliphatic carbocycles. The van der Waals surface area contributed by atoms with Gasteiger partial charge in [0.1, 0.15) is 0 Å². The summed E-state index contributed by atoms with van der Waals surface area (Å²) >= 11 is 0. The van der Waals surface area contributed by atoms with Crippen LogP contribution in [0.3, 0.4) is 0 Å². The average Bonchev–Trinajstić information content (AvgIpc) is 1.84. The van der Waals surface area contributed by atoms with Gasteiger partial charge in [0.05, 0.1) is 5.60 Å². The fraction of sp³-hybridized carbons (Fsp3) is 1.00. The van der Waals surface area contributed by atoms with Crippen LogP contribution in [0.25, 0.3) is 0 Å². The lowest BCUT2D eigenvalue weighted by Gasteiger charge is -2.20. The molecular weight excluding hydrogens is 114 g/mol. The van der Waals surface area contributed by atoms with Crippen LogP contribution in [-0.4, -0.2) is 12.1 Å². The number of hydroxylamine groups is 1. The standard InChI is InChI=1S/C7H16NO/c1-5-7(3,4)9-8-6-2/h5-6H2,1-4H3. The Balaban J connectivity index is 3.33. The molecule has 0 fully saturated rings. The van der Waals surface area contributed by atoms with Crippen LogP contribution in [0.5, 0.6) is 0 Å². The van der Waals surface area contributed by atoms with Crippen molar-refractivity contribution in [3.05, 3.63) is 0 Å².